The number of nitrogens with one attached hydrogen (secondary N) is 2. The number of likely N-dealkylation sites (N-methyl/N-ethyl adjacent to an activating group) is 1. The largest absolute Gasteiger partial charge is 0.487 e. The maximum atomic E-state index is 13.0. The fourth-order valence-corrected chi connectivity index (χ4v) is 5.20. The van der Waals surface area contributed by atoms with Crippen LogP contribution in [-0.2, 0) is 16.2 Å². The Morgan fingerprint density at radius 1 is 0.957 bits per heavy atom. The molecule has 2 aromatic carbocycles. The molecule has 10 nitrogen and oxygen atoms in total. The Labute approximate surface area is 281 Å². The molecule has 0 radical (unpaired) electrons. The highest BCUT2D eigenvalue weighted by atomic mass is 35.5. The van der Waals surface area contributed by atoms with Crippen molar-refractivity contribution >= 4 is 69.4 Å². The van der Waals surface area contributed by atoms with E-state index in [9.17, 15) is 14.4 Å². The zero-order valence-electron chi connectivity index (χ0n) is 25.8. The molecular weight excluding hydrogens is 639 g/mol. The zero-order chi connectivity index (χ0) is 33.5. The summed E-state index contributed by atoms with van der Waals surface area (Å²) in [5, 5.41) is 6.88. The number of fused-ring (bicyclic) bond motifs is 1. The van der Waals surface area contributed by atoms with Crippen LogP contribution >= 0.6 is 23.2 Å². The summed E-state index contributed by atoms with van der Waals surface area (Å²) in [6.45, 7) is 3.43. The van der Waals surface area contributed by atoms with E-state index in [1.807, 2.05) is 37.3 Å². The summed E-state index contributed by atoms with van der Waals surface area (Å²) in [6.07, 6.45) is 5.96. The van der Waals surface area contributed by atoms with Crippen LogP contribution < -0.4 is 20.3 Å². The van der Waals surface area contributed by atoms with Crippen LogP contribution in [0.3, 0.4) is 0 Å². The molecule has 2 N–H and O–H groups in total. The van der Waals surface area contributed by atoms with Crippen molar-refractivity contribution in [2.45, 2.75) is 20.5 Å². The summed E-state index contributed by atoms with van der Waals surface area (Å²) >= 11 is 13.2. The molecule has 0 atom stereocenters. The smallest absolute Gasteiger partial charge is 0.258 e. The molecule has 3 aromatic heterocycles. The number of halogens is 2. The number of amides is 3. The standard InChI is InChI=1S/C35H30Cl2N6O4/c1-21-9-12-24-6-4-8-29(34(24)41-21)47-20-26-27(36)13-14-28(33(26)37)43(3)32(45)19-40-31(44)16-11-23-10-15-30(39-18-23)42-35(46)25-7-5-17-38-22(25)2/h4-18H,19-20H2,1-3H3,(H,40,44)(H,39,42,46)/b16-11+. The number of aryl methyl sites for hydroxylation is 2. The lowest BCUT2D eigenvalue weighted by atomic mass is 10.1. The predicted octanol–water partition coefficient (Wildman–Crippen LogP) is 6.57. The number of rotatable bonds is 10. The lowest BCUT2D eigenvalue weighted by Gasteiger charge is -2.21. The van der Waals surface area contributed by atoms with Gasteiger partial charge in [0, 0.05) is 52.9 Å². The van der Waals surface area contributed by atoms with Crippen molar-refractivity contribution < 1.29 is 19.1 Å². The SMILES string of the molecule is Cc1ccc2cccc(OCc3c(Cl)ccc(N(C)C(=O)CNC(=O)/C=C/c4ccc(NC(=O)c5cccnc5C)nc4)c3Cl)c2n1. The number of anilines is 2. The first-order valence-corrected chi connectivity index (χ1v) is 15.2. The molecule has 12 heteroatoms. The lowest BCUT2D eigenvalue weighted by molar-refractivity contribution is -0.122. The number of ether oxygens (including phenoxy) is 1. The highest BCUT2D eigenvalue weighted by Crippen LogP contribution is 2.35. The second-order valence-electron chi connectivity index (χ2n) is 10.5. The second-order valence-corrected chi connectivity index (χ2v) is 11.3. The molecule has 0 fully saturated rings. The van der Waals surface area contributed by atoms with E-state index in [1.54, 1.807) is 62.6 Å². The van der Waals surface area contributed by atoms with Crippen LogP contribution in [0.4, 0.5) is 11.5 Å². The maximum Gasteiger partial charge on any atom is 0.258 e. The molecule has 5 rings (SSSR count). The average molecular weight is 670 g/mol. The minimum Gasteiger partial charge on any atom is -0.487 e. The molecule has 0 aliphatic carbocycles. The van der Waals surface area contributed by atoms with Gasteiger partial charge < -0.3 is 20.3 Å². The average Bonchev–Trinajstić information content (AvgIpc) is 3.06. The molecule has 0 aliphatic heterocycles. The molecular formula is C35H30Cl2N6O4. The van der Waals surface area contributed by atoms with Crippen LogP contribution in [0.1, 0.15) is 32.9 Å². The number of pyridine rings is 3. The van der Waals surface area contributed by atoms with Gasteiger partial charge in [-0.2, -0.15) is 0 Å². The van der Waals surface area contributed by atoms with Crippen molar-refractivity contribution in [3.05, 3.63) is 123 Å². The lowest BCUT2D eigenvalue weighted by Crippen LogP contribution is -2.37. The first-order valence-electron chi connectivity index (χ1n) is 14.5. The Morgan fingerprint density at radius 2 is 1.79 bits per heavy atom. The van der Waals surface area contributed by atoms with E-state index in [2.05, 4.69) is 25.6 Å². The third kappa shape index (κ3) is 8.10. The third-order valence-corrected chi connectivity index (χ3v) is 7.99. The zero-order valence-corrected chi connectivity index (χ0v) is 27.3. The van der Waals surface area contributed by atoms with Crippen LogP contribution in [0.15, 0.2) is 85.2 Å². The number of para-hydroxylation sites is 1. The van der Waals surface area contributed by atoms with E-state index in [0.717, 1.165) is 16.6 Å². The van der Waals surface area contributed by atoms with Gasteiger partial charge in [-0.15, -0.1) is 0 Å². The van der Waals surface area contributed by atoms with Crippen molar-refractivity contribution in [1.82, 2.24) is 20.3 Å². The first kappa shape index (κ1) is 33.1. The summed E-state index contributed by atoms with van der Waals surface area (Å²) in [5.74, 6) is -0.269. The van der Waals surface area contributed by atoms with Crippen LogP contribution in [0, 0.1) is 13.8 Å². The molecule has 0 saturated carbocycles. The van der Waals surface area contributed by atoms with Gasteiger partial charge in [0.25, 0.3) is 5.91 Å². The molecule has 0 saturated heterocycles. The predicted molar refractivity (Wildman–Crippen MR) is 184 cm³/mol. The Bertz CT molecular complexity index is 2000. The summed E-state index contributed by atoms with van der Waals surface area (Å²) < 4.78 is 6.08. The summed E-state index contributed by atoms with van der Waals surface area (Å²) in [5.41, 5.74) is 4.18. The van der Waals surface area contributed by atoms with Crippen molar-refractivity contribution in [1.29, 1.82) is 0 Å². The van der Waals surface area contributed by atoms with Crippen LogP contribution in [0.5, 0.6) is 5.75 Å². The van der Waals surface area contributed by atoms with Gasteiger partial charge in [0.2, 0.25) is 11.8 Å². The summed E-state index contributed by atoms with van der Waals surface area (Å²) in [4.78, 5) is 52.2. The van der Waals surface area contributed by atoms with Crippen LogP contribution in [-0.4, -0.2) is 46.3 Å². The van der Waals surface area contributed by atoms with Crippen LogP contribution in [0.2, 0.25) is 10.0 Å². The fraction of sp³-hybridized carbons (Fsp3) is 0.143. The van der Waals surface area contributed by atoms with E-state index in [1.165, 1.54) is 17.2 Å². The molecule has 47 heavy (non-hydrogen) atoms. The van der Waals surface area contributed by atoms with Gasteiger partial charge in [0.15, 0.2) is 0 Å². The van der Waals surface area contributed by atoms with Gasteiger partial charge in [-0.3, -0.25) is 19.4 Å². The molecule has 0 unspecified atom stereocenters. The minimum atomic E-state index is -0.480. The number of hydrogen-bond donors (Lipinski definition) is 2. The molecule has 5 aromatic rings. The topological polar surface area (TPSA) is 126 Å². The van der Waals surface area contributed by atoms with E-state index < -0.39 is 11.8 Å². The third-order valence-electron chi connectivity index (χ3n) is 7.22. The second kappa shape index (κ2) is 14.8. The molecule has 238 valence electrons. The normalized spacial score (nSPS) is 11.0. The van der Waals surface area contributed by atoms with Gasteiger partial charge in [-0.1, -0.05) is 41.4 Å². The Hall–Kier alpha value is -5.32. The Morgan fingerprint density at radius 3 is 2.55 bits per heavy atom. The van der Waals surface area contributed by atoms with Gasteiger partial charge in [-0.25, -0.2) is 9.97 Å². The van der Waals surface area contributed by atoms with Crippen molar-refractivity contribution in [2.75, 3.05) is 23.8 Å². The van der Waals surface area contributed by atoms with Gasteiger partial charge >= 0.3 is 0 Å². The number of aromatic nitrogens is 3. The van der Waals surface area contributed by atoms with Crippen molar-refractivity contribution in [3.8, 4) is 5.75 Å². The molecule has 0 bridgehead atoms. The quantitative estimate of drug-likeness (QED) is 0.161. The number of hydrogen-bond acceptors (Lipinski definition) is 7. The van der Waals surface area contributed by atoms with Crippen molar-refractivity contribution in [2.24, 2.45) is 0 Å². The fourth-order valence-electron chi connectivity index (χ4n) is 4.59. The molecule has 3 heterocycles. The number of benzene rings is 2. The molecule has 0 aliphatic rings. The van der Waals surface area contributed by atoms with Gasteiger partial charge in [0.1, 0.15) is 23.7 Å². The summed E-state index contributed by atoms with van der Waals surface area (Å²) in [7, 11) is 1.56. The highest BCUT2D eigenvalue weighted by Gasteiger charge is 2.19. The minimum absolute atomic E-state index is 0.0518. The Balaban J connectivity index is 1.16. The summed E-state index contributed by atoms with van der Waals surface area (Å²) in [6, 6.07) is 19.5. The van der Waals surface area contributed by atoms with Crippen molar-refractivity contribution in [3.63, 3.8) is 0 Å². The van der Waals surface area contributed by atoms with E-state index in [4.69, 9.17) is 27.9 Å². The number of carbonyl (C=O) groups is 3. The Kier molecular flexibility index (Phi) is 10.4. The van der Waals surface area contributed by atoms with Crippen LogP contribution in [0.25, 0.3) is 17.0 Å². The van der Waals surface area contributed by atoms with Gasteiger partial charge in [-0.05, 0) is 74.0 Å². The molecule has 3 amide bonds. The monoisotopic (exact) mass is 668 g/mol. The van der Waals surface area contributed by atoms with E-state index >= 15 is 0 Å². The highest BCUT2D eigenvalue weighted by molar-refractivity contribution is 6.38. The van der Waals surface area contributed by atoms with E-state index in [0.29, 0.717) is 44.7 Å². The van der Waals surface area contributed by atoms with Gasteiger partial charge in [0.05, 0.1) is 22.8 Å². The molecule has 0 spiro atoms. The number of nitrogens with zero attached hydrogens (tertiary/aromatic N) is 4. The number of carbonyl (C=O) groups excluding carboxylic acids is 3. The maximum absolute atomic E-state index is 13.0. The first-order chi connectivity index (χ1) is 22.6. The van der Waals surface area contributed by atoms with E-state index in [-0.39, 0.29) is 24.1 Å².